The first kappa shape index (κ1) is 14.8. The summed E-state index contributed by atoms with van der Waals surface area (Å²) in [5.74, 6) is 0. The highest BCUT2D eigenvalue weighted by Gasteiger charge is 2.15. The lowest BCUT2D eigenvalue weighted by Gasteiger charge is -2.13. The van der Waals surface area contributed by atoms with Gasteiger partial charge >= 0.3 is 0 Å². The maximum absolute atomic E-state index is 11.6. The number of rotatable bonds is 3. The standard InChI is InChI=1S/C13H14BrN3O2S/c1-8-6-9(14)2-4-11(8)17-12-5-3-10(15)7-13(12)20(16,18)19/h2-7,17H,15H2,1H3,(H2,16,18,19). The molecule has 0 spiro atoms. The van der Waals surface area contributed by atoms with Gasteiger partial charge in [0.1, 0.15) is 4.90 Å². The van der Waals surface area contributed by atoms with Gasteiger partial charge in [0.05, 0.1) is 5.69 Å². The molecule has 2 aromatic carbocycles. The van der Waals surface area contributed by atoms with Gasteiger partial charge in [0.25, 0.3) is 0 Å². The van der Waals surface area contributed by atoms with E-state index in [0.717, 1.165) is 15.7 Å². The molecular formula is C13H14BrN3O2S. The molecule has 0 aliphatic rings. The minimum atomic E-state index is -3.85. The van der Waals surface area contributed by atoms with Crippen LogP contribution in [0.3, 0.4) is 0 Å². The van der Waals surface area contributed by atoms with Gasteiger partial charge in [0.2, 0.25) is 10.0 Å². The van der Waals surface area contributed by atoms with Crippen molar-refractivity contribution in [1.29, 1.82) is 0 Å². The second kappa shape index (κ2) is 5.43. The molecule has 0 saturated heterocycles. The van der Waals surface area contributed by atoms with Gasteiger partial charge in [-0.25, -0.2) is 13.6 Å². The predicted octanol–water partition coefficient (Wildman–Crippen LogP) is 2.73. The Kier molecular flexibility index (Phi) is 4.03. The van der Waals surface area contributed by atoms with E-state index in [-0.39, 0.29) is 4.90 Å². The smallest absolute Gasteiger partial charge is 0.240 e. The Labute approximate surface area is 126 Å². The molecular weight excluding hydrogens is 342 g/mol. The van der Waals surface area contributed by atoms with Crippen molar-refractivity contribution >= 4 is 43.0 Å². The molecule has 0 saturated carbocycles. The third kappa shape index (κ3) is 3.30. The van der Waals surface area contributed by atoms with Crippen molar-refractivity contribution in [2.24, 2.45) is 5.14 Å². The summed E-state index contributed by atoms with van der Waals surface area (Å²) in [7, 11) is -3.85. The van der Waals surface area contributed by atoms with Crippen LogP contribution in [0.4, 0.5) is 17.1 Å². The maximum atomic E-state index is 11.6. The first-order valence-corrected chi connectivity index (χ1v) is 8.07. The van der Waals surface area contributed by atoms with Gasteiger partial charge in [0.15, 0.2) is 0 Å². The van der Waals surface area contributed by atoms with Crippen LogP contribution in [0.15, 0.2) is 45.8 Å². The third-order valence-electron chi connectivity index (χ3n) is 2.77. The van der Waals surface area contributed by atoms with E-state index in [0.29, 0.717) is 11.4 Å². The third-order valence-corrected chi connectivity index (χ3v) is 4.21. The van der Waals surface area contributed by atoms with E-state index in [9.17, 15) is 8.42 Å². The number of hydrogen-bond acceptors (Lipinski definition) is 4. The lowest BCUT2D eigenvalue weighted by atomic mass is 10.2. The Morgan fingerprint density at radius 1 is 1.10 bits per heavy atom. The molecule has 0 radical (unpaired) electrons. The molecule has 0 aliphatic carbocycles. The van der Waals surface area contributed by atoms with Gasteiger partial charge < -0.3 is 11.1 Å². The van der Waals surface area contributed by atoms with Crippen molar-refractivity contribution in [3.8, 4) is 0 Å². The Morgan fingerprint density at radius 2 is 1.75 bits per heavy atom. The highest BCUT2D eigenvalue weighted by molar-refractivity contribution is 9.10. The number of primary sulfonamides is 1. The highest BCUT2D eigenvalue weighted by atomic mass is 79.9. The molecule has 0 bridgehead atoms. The summed E-state index contributed by atoms with van der Waals surface area (Å²) in [5.41, 5.74) is 8.11. The van der Waals surface area contributed by atoms with Gasteiger partial charge in [-0.15, -0.1) is 0 Å². The van der Waals surface area contributed by atoms with E-state index in [1.54, 1.807) is 12.1 Å². The SMILES string of the molecule is Cc1cc(Br)ccc1Nc1ccc(N)cc1S(N)(=O)=O. The van der Waals surface area contributed by atoms with Crippen molar-refractivity contribution in [2.75, 3.05) is 11.1 Å². The molecule has 2 rings (SSSR count). The fourth-order valence-electron chi connectivity index (χ4n) is 1.79. The maximum Gasteiger partial charge on any atom is 0.240 e. The van der Waals surface area contributed by atoms with Crippen LogP contribution < -0.4 is 16.2 Å². The number of nitrogens with two attached hydrogens (primary N) is 2. The molecule has 0 aromatic heterocycles. The molecule has 7 heteroatoms. The summed E-state index contributed by atoms with van der Waals surface area (Å²) in [6.07, 6.45) is 0. The van der Waals surface area contributed by atoms with Crippen molar-refractivity contribution < 1.29 is 8.42 Å². The first-order chi connectivity index (χ1) is 9.27. The fourth-order valence-corrected chi connectivity index (χ4v) is 2.99. The van der Waals surface area contributed by atoms with E-state index >= 15 is 0 Å². The summed E-state index contributed by atoms with van der Waals surface area (Å²) in [5, 5.41) is 8.28. The molecule has 20 heavy (non-hydrogen) atoms. The van der Waals surface area contributed by atoms with Crippen molar-refractivity contribution in [2.45, 2.75) is 11.8 Å². The van der Waals surface area contributed by atoms with Gasteiger partial charge in [-0.05, 0) is 48.9 Å². The molecule has 0 unspecified atom stereocenters. The topological polar surface area (TPSA) is 98.2 Å². The Hall–Kier alpha value is -1.57. The Balaban J connectivity index is 2.49. The molecule has 5 nitrogen and oxygen atoms in total. The summed E-state index contributed by atoms with van der Waals surface area (Å²) < 4.78 is 24.2. The van der Waals surface area contributed by atoms with Crippen molar-refractivity contribution in [3.05, 3.63) is 46.4 Å². The zero-order valence-electron chi connectivity index (χ0n) is 10.7. The van der Waals surface area contributed by atoms with E-state index < -0.39 is 10.0 Å². The second-order valence-corrected chi connectivity index (χ2v) is 6.83. The average Bonchev–Trinajstić information content (AvgIpc) is 2.33. The van der Waals surface area contributed by atoms with Crippen molar-refractivity contribution in [1.82, 2.24) is 0 Å². The quantitative estimate of drug-likeness (QED) is 0.737. The van der Waals surface area contributed by atoms with Crippen LogP contribution in [-0.4, -0.2) is 8.42 Å². The van der Waals surface area contributed by atoms with E-state index in [2.05, 4.69) is 21.2 Å². The van der Waals surface area contributed by atoms with Crippen molar-refractivity contribution in [3.63, 3.8) is 0 Å². The lowest BCUT2D eigenvalue weighted by molar-refractivity contribution is 0.598. The Bertz CT molecular complexity index is 760. The number of sulfonamides is 1. The summed E-state index contributed by atoms with van der Waals surface area (Å²) >= 11 is 3.38. The molecule has 0 amide bonds. The van der Waals surface area contributed by atoms with E-state index in [1.807, 2.05) is 25.1 Å². The van der Waals surface area contributed by atoms with Crippen LogP contribution in [0, 0.1) is 6.92 Å². The molecule has 5 N–H and O–H groups in total. The zero-order chi connectivity index (χ0) is 14.9. The number of nitrogens with one attached hydrogen (secondary N) is 1. The van der Waals surface area contributed by atoms with Gasteiger partial charge in [-0.2, -0.15) is 0 Å². The number of anilines is 3. The van der Waals surface area contributed by atoms with Crippen LogP contribution in [0.2, 0.25) is 0 Å². The normalized spacial score (nSPS) is 11.3. The number of nitrogen functional groups attached to an aromatic ring is 1. The predicted molar refractivity (Wildman–Crippen MR) is 84.4 cm³/mol. The monoisotopic (exact) mass is 355 g/mol. The van der Waals surface area contributed by atoms with Crippen LogP contribution in [-0.2, 0) is 10.0 Å². The van der Waals surface area contributed by atoms with Crippen LogP contribution in [0.1, 0.15) is 5.56 Å². The minimum Gasteiger partial charge on any atom is -0.399 e. The van der Waals surface area contributed by atoms with E-state index in [1.165, 1.54) is 6.07 Å². The average molecular weight is 356 g/mol. The Morgan fingerprint density at radius 3 is 2.35 bits per heavy atom. The zero-order valence-corrected chi connectivity index (χ0v) is 13.1. The number of halogens is 1. The summed E-state index contributed by atoms with van der Waals surface area (Å²) in [4.78, 5) is -0.0279. The molecule has 0 heterocycles. The molecule has 2 aromatic rings. The largest absolute Gasteiger partial charge is 0.399 e. The summed E-state index contributed by atoms with van der Waals surface area (Å²) in [6, 6.07) is 10.2. The second-order valence-electron chi connectivity index (χ2n) is 4.38. The van der Waals surface area contributed by atoms with E-state index in [4.69, 9.17) is 10.9 Å². The highest BCUT2D eigenvalue weighted by Crippen LogP contribution is 2.29. The molecule has 0 atom stereocenters. The van der Waals surface area contributed by atoms with Gasteiger partial charge in [0, 0.05) is 15.8 Å². The number of aryl methyl sites for hydroxylation is 1. The lowest BCUT2D eigenvalue weighted by Crippen LogP contribution is -2.14. The molecule has 0 aliphatic heterocycles. The van der Waals surface area contributed by atoms with Gasteiger partial charge in [-0.1, -0.05) is 15.9 Å². The fraction of sp³-hybridized carbons (Fsp3) is 0.0769. The van der Waals surface area contributed by atoms with Crippen LogP contribution >= 0.6 is 15.9 Å². The number of benzene rings is 2. The van der Waals surface area contributed by atoms with Crippen LogP contribution in [0.25, 0.3) is 0 Å². The minimum absolute atomic E-state index is 0.0279. The number of hydrogen-bond donors (Lipinski definition) is 3. The molecule has 0 fully saturated rings. The summed E-state index contributed by atoms with van der Waals surface area (Å²) in [6.45, 7) is 1.92. The molecule has 106 valence electrons. The first-order valence-electron chi connectivity index (χ1n) is 5.73. The van der Waals surface area contributed by atoms with Gasteiger partial charge in [-0.3, -0.25) is 0 Å². The van der Waals surface area contributed by atoms with Crippen LogP contribution in [0.5, 0.6) is 0 Å².